The molecule has 0 radical (unpaired) electrons. The van der Waals surface area contributed by atoms with Crippen LogP contribution in [0.1, 0.15) is 29.6 Å². The molecular weight excluding hydrogens is 220 g/mol. The Morgan fingerprint density at radius 1 is 1.50 bits per heavy atom. The first-order chi connectivity index (χ1) is 7.54. The van der Waals surface area contributed by atoms with Crippen molar-refractivity contribution in [2.24, 2.45) is 0 Å². The highest BCUT2D eigenvalue weighted by atomic mass is 32.1. The summed E-state index contributed by atoms with van der Waals surface area (Å²) in [5, 5.41) is 3.24. The monoisotopic (exact) mass is 240 g/mol. The van der Waals surface area contributed by atoms with E-state index in [1.165, 1.54) is 9.75 Å². The molecule has 0 saturated heterocycles. The van der Waals surface area contributed by atoms with Crippen molar-refractivity contribution in [3.63, 3.8) is 0 Å². The molecule has 1 aromatic heterocycles. The van der Waals surface area contributed by atoms with Crippen molar-refractivity contribution >= 4 is 17.2 Å². The van der Waals surface area contributed by atoms with E-state index < -0.39 is 0 Å². The third kappa shape index (κ3) is 3.61. The Kier molecular flexibility index (Phi) is 4.96. The fraction of sp³-hybridized carbons (Fsp3) is 0.583. The zero-order valence-electron chi connectivity index (χ0n) is 10.4. The molecule has 4 heteroatoms. The van der Waals surface area contributed by atoms with E-state index in [4.69, 9.17) is 0 Å². The summed E-state index contributed by atoms with van der Waals surface area (Å²) in [4.78, 5) is 15.7. The minimum atomic E-state index is 0.110. The topological polar surface area (TPSA) is 32.3 Å². The Morgan fingerprint density at radius 3 is 2.69 bits per heavy atom. The number of likely N-dealkylation sites (N-methyl/N-ethyl adjacent to an activating group) is 1. The molecule has 1 aromatic rings. The Labute approximate surface area is 101 Å². The van der Waals surface area contributed by atoms with Gasteiger partial charge in [-0.3, -0.25) is 4.79 Å². The van der Waals surface area contributed by atoms with Gasteiger partial charge < -0.3 is 10.2 Å². The molecule has 1 atom stereocenters. The second-order valence-electron chi connectivity index (χ2n) is 4.05. The molecule has 1 rings (SSSR count). The van der Waals surface area contributed by atoms with Crippen molar-refractivity contribution in [3.8, 4) is 0 Å². The highest BCUT2D eigenvalue weighted by Crippen LogP contribution is 2.23. The molecule has 0 bridgehead atoms. The van der Waals surface area contributed by atoms with Gasteiger partial charge in [0.15, 0.2) is 0 Å². The molecule has 3 nitrogen and oxygen atoms in total. The molecule has 0 aliphatic rings. The van der Waals surface area contributed by atoms with Gasteiger partial charge in [-0.05, 0) is 25.5 Å². The molecule has 90 valence electrons. The van der Waals surface area contributed by atoms with E-state index in [1.807, 2.05) is 11.3 Å². The van der Waals surface area contributed by atoms with Gasteiger partial charge in [0.25, 0.3) is 0 Å². The predicted molar refractivity (Wildman–Crippen MR) is 68.8 cm³/mol. The lowest BCUT2D eigenvalue weighted by molar-refractivity contribution is -0.127. The van der Waals surface area contributed by atoms with Crippen molar-refractivity contribution in [1.29, 1.82) is 0 Å². The average molecular weight is 240 g/mol. The maximum absolute atomic E-state index is 11.4. The molecule has 0 aliphatic heterocycles. The standard InChI is InChI=1S/C12H20N2OS/c1-5-10-6-7-11(16-10)9(2)13-8-12(15)14(3)4/h6-7,9,13H,5,8H2,1-4H3. The molecule has 1 N–H and O–H groups in total. The zero-order chi connectivity index (χ0) is 12.1. The summed E-state index contributed by atoms with van der Waals surface area (Å²) in [6.07, 6.45) is 1.08. The SMILES string of the molecule is CCc1ccc(C(C)NCC(=O)N(C)C)s1. The van der Waals surface area contributed by atoms with Crippen LogP contribution < -0.4 is 5.32 Å². The Balaban J connectivity index is 2.46. The van der Waals surface area contributed by atoms with E-state index in [9.17, 15) is 4.79 Å². The first-order valence-electron chi connectivity index (χ1n) is 5.56. The van der Waals surface area contributed by atoms with Crippen LogP contribution >= 0.6 is 11.3 Å². The van der Waals surface area contributed by atoms with E-state index in [-0.39, 0.29) is 11.9 Å². The third-order valence-electron chi connectivity index (χ3n) is 2.52. The maximum Gasteiger partial charge on any atom is 0.236 e. The number of nitrogens with zero attached hydrogens (tertiary/aromatic N) is 1. The normalized spacial score (nSPS) is 12.5. The number of thiophene rings is 1. The van der Waals surface area contributed by atoms with Crippen LogP contribution in [-0.2, 0) is 11.2 Å². The number of nitrogens with one attached hydrogen (secondary N) is 1. The van der Waals surface area contributed by atoms with Crippen molar-refractivity contribution < 1.29 is 4.79 Å². The number of amides is 1. The highest BCUT2D eigenvalue weighted by Gasteiger charge is 2.10. The second kappa shape index (κ2) is 6.01. The van der Waals surface area contributed by atoms with Gasteiger partial charge in [0.2, 0.25) is 5.91 Å². The minimum absolute atomic E-state index is 0.110. The van der Waals surface area contributed by atoms with Crippen LogP contribution in [0.2, 0.25) is 0 Å². The number of aryl methyl sites for hydroxylation is 1. The van der Waals surface area contributed by atoms with Gasteiger partial charge in [0.1, 0.15) is 0 Å². The highest BCUT2D eigenvalue weighted by molar-refractivity contribution is 7.12. The smallest absolute Gasteiger partial charge is 0.236 e. The lowest BCUT2D eigenvalue weighted by atomic mass is 10.2. The molecule has 0 aromatic carbocycles. The van der Waals surface area contributed by atoms with E-state index in [1.54, 1.807) is 19.0 Å². The Hall–Kier alpha value is -0.870. The van der Waals surface area contributed by atoms with Gasteiger partial charge in [-0.15, -0.1) is 11.3 Å². The summed E-state index contributed by atoms with van der Waals surface area (Å²) in [6, 6.07) is 4.54. The van der Waals surface area contributed by atoms with E-state index in [0.29, 0.717) is 6.54 Å². The quantitative estimate of drug-likeness (QED) is 0.854. The van der Waals surface area contributed by atoms with Crippen molar-refractivity contribution in [3.05, 3.63) is 21.9 Å². The molecule has 0 fully saturated rings. The number of hydrogen-bond acceptors (Lipinski definition) is 3. The molecule has 1 amide bonds. The lowest BCUT2D eigenvalue weighted by Crippen LogP contribution is -2.34. The number of carbonyl (C=O) groups excluding carboxylic acids is 1. The van der Waals surface area contributed by atoms with Crippen LogP contribution in [0.4, 0.5) is 0 Å². The average Bonchev–Trinajstić information content (AvgIpc) is 2.73. The molecule has 0 spiro atoms. The molecular formula is C12H20N2OS. The number of hydrogen-bond donors (Lipinski definition) is 1. The minimum Gasteiger partial charge on any atom is -0.348 e. The predicted octanol–water partition coefficient (Wildman–Crippen LogP) is 2.05. The maximum atomic E-state index is 11.4. The summed E-state index contributed by atoms with van der Waals surface area (Å²) in [6.45, 7) is 4.64. The summed E-state index contributed by atoms with van der Waals surface area (Å²) in [7, 11) is 3.55. The van der Waals surface area contributed by atoms with E-state index in [2.05, 4.69) is 31.3 Å². The van der Waals surface area contributed by atoms with Gasteiger partial charge in [-0.1, -0.05) is 6.92 Å². The van der Waals surface area contributed by atoms with E-state index >= 15 is 0 Å². The molecule has 16 heavy (non-hydrogen) atoms. The zero-order valence-corrected chi connectivity index (χ0v) is 11.2. The molecule has 1 unspecified atom stereocenters. The first kappa shape index (κ1) is 13.2. The van der Waals surface area contributed by atoms with Gasteiger partial charge in [-0.2, -0.15) is 0 Å². The summed E-state index contributed by atoms with van der Waals surface area (Å²) in [5.74, 6) is 0.110. The van der Waals surface area contributed by atoms with Crippen LogP contribution in [0.5, 0.6) is 0 Å². The van der Waals surface area contributed by atoms with Crippen LogP contribution in [0.15, 0.2) is 12.1 Å². The van der Waals surface area contributed by atoms with E-state index in [0.717, 1.165) is 6.42 Å². The summed E-state index contributed by atoms with van der Waals surface area (Å²) >= 11 is 1.81. The summed E-state index contributed by atoms with van der Waals surface area (Å²) in [5.41, 5.74) is 0. The molecule has 0 aliphatic carbocycles. The number of carbonyl (C=O) groups is 1. The van der Waals surface area contributed by atoms with Crippen LogP contribution in [-0.4, -0.2) is 31.4 Å². The van der Waals surface area contributed by atoms with Crippen LogP contribution in [0, 0.1) is 0 Å². The fourth-order valence-electron chi connectivity index (χ4n) is 1.32. The second-order valence-corrected chi connectivity index (χ2v) is 5.25. The molecule has 1 heterocycles. The van der Waals surface area contributed by atoms with Gasteiger partial charge in [0.05, 0.1) is 6.54 Å². The number of rotatable bonds is 5. The summed E-state index contributed by atoms with van der Waals surface area (Å²) < 4.78 is 0. The lowest BCUT2D eigenvalue weighted by Gasteiger charge is -2.14. The van der Waals surface area contributed by atoms with Gasteiger partial charge in [-0.25, -0.2) is 0 Å². The Morgan fingerprint density at radius 2 is 2.19 bits per heavy atom. The Bertz CT molecular complexity index is 347. The first-order valence-corrected chi connectivity index (χ1v) is 6.38. The molecule has 0 saturated carbocycles. The van der Waals surface area contributed by atoms with Gasteiger partial charge >= 0.3 is 0 Å². The fourth-order valence-corrected chi connectivity index (χ4v) is 2.30. The van der Waals surface area contributed by atoms with Crippen LogP contribution in [0.3, 0.4) is 0 Å². The largest absolute Gasteiger partial charge is 0.348 e. The van der Waals surface area contributed by atoms with Gasteiger partial charge in [0, 0.05) is 29.9 Å². The third-order valence-corrected chi connectivity index (χ3v) is 3.93. The van der Waals surface area contributed by atoms with Crippen molar-refractivity contribution in [2.75, 3.05) is 20.6 Å². The van der Waals surface area contributed by atoms with Crippen molar-refractivity contribution in [1.82, 2.24) is 10.2 Å². The van der Waals surface area contributed by atoms with Crippen molar-refractivity contribution in [2.45, 2.75) is 26.3 Å². The van der Waals surface area contributed by atoms with Crippen LogP contribution in [0.25, 0.3) is 0 Å².